The zero-order valence-corrected chi connectivity index (χ0v) is 19.6. The number of piperazine rings is 1. The van der Waals surface area contributed by atoms with Gasteiger partial charge in [0.1, 0.15) is 25.3 Å². The number of aromatic nitrogens is 4. The molecule has 1 amide bonds. The van der Waals surface area contributed by atoms with Gasteiger partial charge in [0.2, 0.25) is 11.8 Å². The standard InChI is InChI=1S/C23H26ClN7O3/c1-29-9-11-30(12-10-29)20-14-22(27-16-26-20)34-13-8-25-21(32)15-31-23(33)7-6-19(28-31)17-2-4-18(24)5-3-17/h2-7,14,16H,8-13,15H2,1H3,(H,25,32). The van der Waals surface area contributed by atoms with Crippen molar-refractivity contribution in [3.05, 3.63) is 64.2 Å². The van der Waals surface area contributed by atoms with E-state index in [4.69, 9.17) is 16.3 Å². The summed E-state index contributed by atoms with van der Waals surface area (Å²) in [6, 6.07) is 11.9. The number of nitrogens with one attached hydrogen (secondary N) is 1. The number of nitrogens with zero attached hydrogens (tertiary/aromatic N) is 6. The number of carbonyl (C=O) groups is 1. The Balaban J connectivity index is 1.26. The molecule has 11 heteroatoms. The molecule has 0 aliphatic carbocycles. The molecule has 2 aromatic heterocycles. The molecule has 0 unspecified atom stereocenters. The summed E-state index contributed by atoms with van der Waals surface area (Å²) in [6.45, 7) is 4.06. The van der Waals surface area contributed by atoms with E-state index in [-0.39, 0.29) is 31.2 Å². The van der Waals surface area contributed by atoms with Crippen LogP contribution in [-0.4, -0.2) is 76.9 Å². The van der Waals surface area contributed by atoms with Crippen molar-refractivity contribution in [2.75, 3.05) is 51.3 Å². The molecule has 0 spiro atoms. The van der Waals surface area contributed by atoms with Crippen LogP contribution in [0.2, 0.25) is 5.02 Å². The van der Waals surface area contributed by atoms with Crippen molar-refractivity contribution >= 4 is 23.3 Å². The van der Waals surface area contributed by atoms with E-state index in [9.17, 15) is 9.59 Å². The largest absolute Gasteiger partial charge is 0.476 e. The molecule has 3 heterocycles. The van der Waals surface area contributed by atoms with Crippen molar-refractivity contribution < 1.29 is 9.53 Å². The first-order valence-corrected chi connectivity index (χ1v) is 11.3. The Bertz CT molecular complexity index is 1180. The summed E-state index contributed by atoms with van der Waals surface area (Å²) in [5, 5.41) is 7.64. The minimum Gasteiger partial charge on any atom is -0.476 e. The fourth-order valence-corrected chi connectivity index (χ4v) is 3.62. The van der Waals surface area contributed by atoms with Crippen LogP contribution in [0.4, 0.5) is 5.82 Å². The van der Waals surface area contributed by atoms with Gasteiger partial charge in [0.05, 0.1) is 12.2 Å². The van der Waals surface area contributed by atoms with Gasteiger partial charge < -0.3 is 19.9 Å². The maximum Gasteiger partial charge on any atom is 0.267 e. The first-order valence-electron chi connectivity index (χ1n) is 11.0. The van der Waals surface area contributed by atoms with Gasteiger partial charge in [-0.05, 0) is 25.2 Å². The number of benzene rings is 1. The molecule has 0 saturated carbocycles. The first kappa shape index (κ1) is 23.7. The predicted octanol–water partition coefficient (Wildman–Crippen LogP) is 1.30. The monoisotopic (exact) mass is 483 g/mol. The molecule has 1 N–H and O–H groups in total. The summed E-state index contributed by atoms with van der Waals surface area (Å²) in [4.78, 5) is 37.4. The third kappa shape index (κ3) is 6.30. The molecule has 0 radical (unpaired) electrons. The number of hydrogen-bond acceptors (Lipinski definition) is 8. The van der Waals surface area contributed by atoms with Gasteiger partial charge in [-0.15, -0.1) is 0 Å². The Kier molecular flexibility index (Phi) is 7.71. The maximum atomic E-state index is 12.3. The second-order valence-electron chi connectivity index (χ2n) is 7.92. The summed E-state index contributed by atoms with van der Waals surface area (Å²) in [5.74, 6) is 0.937. The second kappa shape index (κ2) is 11.1. The Morgan fingerprint density at radius 2 is 1.85 bits per heavy atom. The zero-order valence-electron chi connectivity index (χ0n) is 18.9. The Labute approximate surface area is 202 Å². The van der Waals surface area contributed by atoms with Crippen molar-refractivity contribution in [1.29, 1.82) is 0 Å². The van der Waals surface area contributed by atoms with Gasteiger partial charge >= 0.3 is 0 Å². The summed E-state index contributed by atoms with van der Waals surface area (Å²) >= 11 is 5.92. The van der Waals surface area contributed by atoms with Crippen molar-refractivity contribution in [3.63, 3.8) is 0 Å². The van der Waals surface area contributed by atoms with E-state index >= 15 is 0 Å². The van der Waals surface area contributed by atoms with Crippen LogP contribution in [0.3, 0.4) is 0 Å². The molecular formula is C23H26ClN7O3. The average Bonchev–Trinajstić information content (AvgIpc) is 2.84. The van der Waals surface area contributed by atoms with Gasteiger partial charge in [-0.3, -0.25) is 9.59 Å². The van der Waals surface area contributed by atoms with Crippen molar-refractivity contribution in [2.24, 2.45) is 0 Å². The lowest BCUT2D eigenvalue weighted by molar-refractivity contribution is -0.122. The van der Waals surface area contributed by atoms with Crippen molar-refractivity contribution in [1.82, 2.24) is 30.0 Å². The van der Waals surface area contributed by atoms with Gasteiger partial charge in [0, 0.05) is 48.9 Å². The number of rotatable bonds is 8. The minimum absolute atomic E-state index is 0.193. The van der Waals surface area contributed by atoms with E-state index in [1.165, 1.54) is 12.4 Å². The van der Waals surface area contributed by atoms with Crippen molar-refractivity contribution in [3.8, 4) is 17.1 Å². The Hall–Kier alpha value is -3.50. The Morgan fingerprint density at radius 3 is 2.62 bits per heavy atom. The van der Waals surface area contributed by atoms with E-state index in [2.05, 4.69) is 37.2 Å². The van der Waals surface area contributed by atoms with Crippen LogP contribution in [0.25, 0.3) is 11.3 Å². The van der Waals surface area contributed by atoms with E-state index in [1.807, 2.05) is 0 Å². The molecule has 1 aliphatic rings. The molecule has 3 aromatic rings. The fraction of sp³-hybridized carbons (Fsp3) is 0.348. The molecule has 0 bridgehead atoms. The minimum atomic E-state index is -0.360. The second-order valence-corrected chi connectivity index (χ2v) is 8.36. The van der Waals surface area contributed by atoms with Crippen LogP contribution in [0.1, 0.15) is 0 Å². The van der Waals surface area contributed by atoms with Gasteiger partial charge in [-0.2, -0.15) is 5.10 Å². The fourth-order valence-electron chi connectivity index (χ4n) is 3.49. The van der Waals surface area contributed by atoms with Crippen LogP contribution >= 0.6 is 11.6 Å². The molecule has 34 heavy (non-hydrogen) atoms. The molecule has 1 aromatic carbocycles. The molecule has 178 valence electrons. The molecule has 4 rings (SSSR count). The lowest BCUT2D eigenvalue weighted by Crippen LogP contribution is -2.44. The van der Waals surface area contributed by atoms with Gasteiger partial charge in [0.15, 0.2) is 0 Å². The number of amides is 1. The molecule has 1 fully saturated rings. The summed E-state index contributed by atoms with van der Waals surface area (Å²) in [5.41, 5.74) is 1.02. The maximum absolute atomic E-state index is 12.3. The number of hydrogen-bond donors (Lipinski definition) is 1. The molecule has 10 nitrogen and oxygen atoms in total. The number of carbonyl (C=O) groups excluding carboxylic acids is 1. The Morgan fingerprint density at radius 1 is 1.09 bits per heavy atom. The van der Waals surface area contributed by atoms with Crippen molar-refractivity contribution in [2.45, 2.75) is 6.54 Å². The highest BCUT2D eigenvalue weighted by Gasteiger charge is 2.16. The topological polar surface area (TPSA) is 105 Å². The van der Waals surface area contributed by atoms with E-state index in [0.717, 1.165) is 42.2 Å². The smallest absolute Gasteiger partial charge is 0.267 e. The SMILES string of the molecule is CN1CCN(c2cc(OCCNC(=O)Cn3nc(-c4ccc(Cl)cc4)ccc3=O)ncn2)CC1. The van der Waals surface area contributed by atoms with Gasteiger partial charge in [-0.1, -0.05) is 23.7 Å². The number of ether oxygens (including phenoxy) is 1. The first-order chi connectivity index (χ1) is 16.5. The normalized spacial score (nSPS) is 14.1. The summed E-state index contributed by atoms with van der Waals surface area (Å²) in [7, 11) is 2.10. The number of halogens is 1. The van der Waals surface area contributed by atoms with Crippen LogP contribution in [0.15, 0.2) is 53.6 Å². The average molecular weight is 484 g/mol. The quantitative estimate of drug-likeness (QED) is 0.478. The lowest BCUT2D eigenvalue weighted by atomic mass is 10.1. The predicted molar refractivity (Wildman–Crippen MR) is 129 cm³/mol. The number of likely N-dealkylation sites (N-methyl/N-ethyl adjacent to an activating group) is 1. The van der Waals surface area contributed by atoms with Gasteiger partial charge in [0.25, 0.3) is 5.56 Å². The molecule has 1 aliphatic heterocycles. The highest BCUT2D eigenvalue weighted by Crippen LogP contribution is 2.19. The number of anilines is 1. The third-order valence-electron chi connectivity index (χ3n) is 5.43. The highest BCUT2D eigenvalue weighted by atomic mass is 35.5. The van der Waals surface area contributed by atoms with E-state index in [0.29, 0.717) is 16.6 Å². The van der Waals surface area contributed by atoms with E-state index < -0.39 is 0 Å². The molecular weight excluding hydrogens is 458 g/mol. The molecule has 0 atom stereocenters. The third-order valence-corrected chi connectivity index (χ3v) is 5.68. The highest BCUT2D eigenvalue weighted by molar-refractivity contribution is 6.30. The summed E-state index contributed by atoms with van der Waals surface area (Å²) < 4.78 is 6.80. The van der Waals surface area contributed by atoms with Crippen LogP contribution < -0.4 is 20.5 Å². The van der Waals surface area contributed by atoms with Crippen LogP contribution in [0.5, 0.6) is 5.88 Å². The zero-order chi connectivity index (χ0) is 23.9. The lowest BCUT2D eigenvalue weighted by Gasteiger charge is -2.33. The van der Waals surface area contributed by atoms with E-state index in [1.54, 1.807) is 36.4 Å². The van der Waals surface area contributed by atoms with Crippen LogP contribution in [-0.2, 0) is 11.3 Å². The van der Waals surface area contributed by atoms with Crippen LogP contribution in [0, 0.1) is 0 Å². The van der Waals surface area contributed by atoms with Gasteiger partial charge in [-0.25, -0.2) is 14.6 Å². The summed E-state index contributed by atoms with van der Waals surface area (Å²) in [6.07, 6.45) is 1.48. The molecule has 1 saturated heterocycles.